The molecule has 0 aromatic heterocycles. The van der Waals surface area contributed by atoms with Gasteiger partial charge in [-0.05, 0) is 24.3 Å². The molecule has 2 aromatic rings. The van der Waals surface area contributed by atoms with Crippen molar-refractivity contribution in [3.05, 3.63) is 36.4 Å². The van der Waals surface area contributed by atoms with E-state index in [0.717, 1.165) is 11.4 Å². The Labute approximate surface area is 146 Å². The van der Waals surface area contributed by atoms with Gasteiger partial charge in [0.05, 0.1) is 35.0 Å². The molecule has 0 atom stereocenters. The van der Waals surface area contributed by atoms with Crippen molar-refractivity contribution in [2.24, 2.45) is 0 Å². The second-order valence-corrected chi connectivity index (χ2v) is 5.04. The lowest BCUT2D eigenvalue weighted by molar-refractivity contribution is -0.114. The molecule has 0 unspecified atom stereocenters. The van der Waals surface area contributed by atoms with Crippen molar-refractivity contribution in [3.63, 3.8) is 0 Å². The van der Waals surface area contributed by atoms with Crippen LogP contribution in [0.15, 0.2) is 36.4 Å². The molecular formula is C18H22N2O5. The van der Waals surface area contributed by atoms with Crippen molar-refractivity contribution in [1.29, 1.82) is 0 Å². The van der Waals surface area contributed by atoms with Gasteiger partial charge >= 0.3 is 0 Å². The van der Waals surface area contributed by atoms with Crippen LogP contribution < -0.4 is 29.6 Å². The van der Waals surface area contributed by atoms with Gasteiger partial charge in [0, 0.05) is 23.5 Å². The third-order valence-electron chi connectivity index (χ3n) is 3.49. The standard InChI is InChI=1S/C18H22N2O5/c1-22-14-7-5-12(6-8-14)19-11-17(21)20-13-9-15(23-2)18(25-4)16(10-13)24-3/h5-10,19H,11H2,1-4H3,(H,20,21). The lowest BCUT2D eigenvalue weighted by Gasteiger charge is -2.15. The van der Waals surface area contributed by atoms with Gasteiger partial charge in [-0.3, -0.25) is 4.79 Å². The molecule has 0 aliphatic rings. The van der Waals surface area contributed by atoms with Crippen molar-refractivity contribution >= 4 is 17.3 Å². The lowest BCUT2D eigenvalue weighted by Crippen LogP contribution is -2.21. The van der Waals surface area contributed by atoms with E-state index in [2.05, 4.69) is 10.6 Å². The average Bonchev–Trinajstić information content (AvgIpc) is 2.65. The molecule has 7 nitrogen and oxygen atoms in total. The van der Waals surface area contributed by atoms with Gasteiger partial charge in [0.25, 0.3) is 0 Å². The average molecular weight is 346 g/mol. The van der Waals surface area contributed by atoms with Gasteiger partial charge < -0.3 is 29.6 Å². The van der Waals surface area contributed by atoms with Crippen LogP contribution in [0.1, 0.15) is 0 Å². The van der Waals surface area contributed by atoms with E-state index >= 15 is 0 Å². The minimum atomic E-state index is -0.204. The minimum Gasteiger partial charge on any atom is -0.497 e. The highest BCUT2D eigenvalue weighted by molar-refractivity contribution is 5.94. The van der Waals surface area contributed by atoms with Crippen LogP contribution in [0.3, 0.4) is 0 Å². The lowest BCUT2D eigenvalue weighted by atomic mass is 10.2. The number of rotatable bonds is 8. The molecule has 7 heteroatoms. The van der Waals surface area contributed by atoms with Crippen LogP contribution in [0.25, 0.3) is 0 Å². The highest BCUT2D eigenvalue weighted by Gasteiger charge is 2.14. The van der Waals surface area contributed by atoms with Crippen molar-refractivity contribution in [1.82, 2.24) is 0 Å². The maximum absolute atomic E-state index is 12.2. The smallest absolute Gasteiger partial charge is 0.243 e. The fraction of sp³-hybridized carbons (Fsp3) is 0.278. The molecule has 0 aliphatic heterocycles. The van der Waals surface area contributed by atoms with Crippen LogP contribution in [-0.2, 0) is 4.79 Å². The molecule has 1 amide bonds. The third kappa shape index (κ3) is 4.69. The van der Waals surface area contributed by atoms with Crippen LogP contribution in [0.5, 0.6) is 23.0 Å². The van der Waals surface area contributed by atoms with E-state index < -0.39 is 0 Å². The number of carbonyl (C=O) groups is 1. The fourth-order valence-corrected chi connectivity index (χ4v) is 2.25. The molecule has 0 aliphatic carbocycles. The topological polar surface area (TPSA) is 78.1 Å². The van der Waals surface area contributed by atoms with Crippen molar-refractivity contribution in [2.75, 3.05) is 45.6 Å². The summed E-state index contributed by atoms with van der Waals surface area (Å²) in [6.45, 7) is 0.114. The molecule has 2 N–H and O–H groups in total. The molecule has 25 heavy (non-hydrogen) atoms. The van der Waals surface area contributed by atoms with Crippen LogP contribution in [0.4, 0.5) is 11.4 Å². The van der Waals surface area contributed by atoms with Crippen molar-refractivity contribution in [2.45, 2.75) is 0 Å². The number of ether oxygens (including phenoxy) is 4. The van der Waals surface area contributed by atoms with Crippen LogP contribution in [0.2, 0.25) is 0 Å². The first-order valence-corrected chi connectivity index (χ1v) is 7.59. The van der Waals surface area contributed by atoms with Crippen LogP contribution in [-0.4, -0.2) is 40.9 Å². The molecule has 0 saturated carbocycles. The van der Waals surface area contributed by atoms with E-state index in [0.29, 0.717) is 22.9 Å². The van der Waals surface area contributed by atoms with Gasteiger partial charge in [0.1, 0.15) is 5.75 Å². The Hall–Kier alpha value is -3.09. The number of nitrogens with one attached hydrogen (secondary N) is 2. The Morgan fingerprint density at radius 3 is 1.92 bits per heavy atom. The number of benzene rings is 2. The second kappa shape index (κ2) is 8.68. The minimum absolute atomic E-state index is 0.114. The molecule has 0 spiro atoms. The molecule has 2 rings (SSSR count). The van der Waals surface area contributed by atoms with Gasteiger partial charge in [-0.15, -0.1) is 0 Å². The predicted octanol–water partition coefficient (Wildman–Crippen LogP) is 2.77. The Balaban J connectivity index is 2.01. The maximum atomic E-state index is 12.2. The normalized spacial score (nSPS) is 9.92. The first-order chi connectivity index (χ1) is 12.1. The predicted molar refractivity (Wildman–Crippen MR) is 96.2 cm³/mol. The Morgan fingerprint density at radius 1 is 0.840 bits per heavy atom. The number of hydrogen-bond acceptors (Lipinski definition) is 6. The molecule has 0 fully saturated rings. The van der Waals surface area contributed by atoms with E-state index in [1.807, 2.05) is 24.3 Å². The van der Waals surface area contributed by atoms with E-state index in [1.54, 1.807) is 19.2 Å². The summed E-state index contributed by atoms with van der Waals surface area (Å²) in [5, 5.41) is 5.83. The zero-order valence-corrected chi connectivity index (χ0v) is 14.7. The third-order valence-corrected chi connectivity index (χ3v) is 3.49. The fourth-order valence-electron chi connectivity index (χ4n) is 2.25. The molecule has 134 valence electrons. The number of methoxy groups -OCH3 is 4. The SMILES string of the molecule is COc1ccc(NCC(=O)Nc2cc(OC)c(OC)c(OC)c2)cc1. The quantitative estimate of drug-likeness (QED) is 0.765. The summed E-state index contributed by atoms with van der Waals surface area (Å²) in [5.41, 5.74) is 1.37. The molecule has 0 saturated heterocycles. The zero-order valence-electron chi connectivity index (χ0n) is 14.7. The highest BCUT2D eigenvalue weighted by Crippen LogP contribution is 2.39. The van der Waals surface area contributed by atoms with Crippen LogP contribution in [0, 0.1) is 0 Å². The second-order valence-electron chi connectivity index (χ2n) is 5.04. The molecule has 0 bridgehead atoms. The summed E-state index contributed by atoms with van der Waals surface area (Å²) in [7, 11) is 6.17. The van der Waals surface area contributed by atoms with Crippen LogP contribution >= 0.6 is 0 Å². The first kappa shape index (κ1) is 18.3. The molecule has 0 heterocycles. The summed E-state index contributed by atoms with van der Waals surface area (Å²) >= 11 is 0. The monoisotopic (exact) mass is 346 g/mol. The van der Waals surface area contributed by atoms with Gasteiger partial charge in [-0.25, -0.2) is 0 Å². The Bertz CT molecular complexity index is 691. The summed E-state index contributed by atoms with van der Waals surface area (Å²) in [6.07, 6.45) is 0. The van der Waals surface area contributed by atoms with E-state index in [-0.39, 0.29) is 12.5 Å². The van der Waals surface area contributed by atoms with Crippen molar-refractivity contribution < 1.29 is 23.7 Å². The number of anilines is 2. The first-order valence-electron chi connectivity index (χ1n) is 7.59. The van der Waals surface area contributed by atoms with Gasteiger partial charge in [0.15, 0.2) is 11.5 Å². The Kier molecular flexibility index (Phi) is 6.33. The zero-order chi connectivity index (χ0) is 18.2. The van der Waals surface area contributed by atoms with E-state index in [1.165, 1.54) is 21.3 Å². The van der Waals surface area contributed by atoms with Gasteiger partial charge in [-0.2, -0.15) is 0 Å². The largest absolute Gasteiger partial charge is 0.497 e. The summed E-state index contributed by atoms with van der Waals surface area (Å²) < 4.78 is 20.9. The molecule has 2 aromatic carbocycles. The number of hydrogen-bond donors (Lipinski definition) is 2. The van der Waals surface area contributed by atoms with Gasteiger partial charge in [-0.1, -0.05) is 0 Å². The Morgan fingerprint density at radius 2 is 1.44 bits per heavy atom. The van der Waals surface area contributed by atoms with Crippen molar-refractivity contribution in [3.8, 4) is 23.0 Å². The number of carbonyl (C=O) groups excluding carboxylic acids is 1. The maximum Gasteiger partial charge on any atom is 0.243 e. The van der Waals surface area contributed by atoms with Gasteiger partial charge in [0.2, 0.25) is 11.7 Å². The molecule has 0 radical (unpaired) electrons. The highest BCUT2D eigenvalue weighted by atomic mass is 16.5. The number of amides is 1. The summed E-state index contributed by atoms with van der Waals surface area (Å²) in [6, 6.07) is 10.7. The van der Waals surface area contributed by atoms with E-state index in [9.17, 15) is 4.79 Å². The molecular weight excluding hydrogens is 324 g/mol. The summed E-state index contributed by atoms with van der Waals surface area (Å²) in [4.78, 5) is 12.2. The summed E-state index contributed by atoms with van der Waals surface area (Å²) in [5.74, 6) is 1.97. The van der Waals surface area contributed by atoms with E-state index in [4.69, 9.17) is 18.9 Å².